The molecule has 0 aliphatic rings. The first-order chi connectivity index (χ1) is 12.6. The number of nitrogens with zero attached hydrogens (tertiary/aromatic N) is 3. The van der Waals surface area contributed by atoms with Crippen LogP contribution in [0.4, 0.5) is 5.69 Å². The van der Waals surface area contributed by atoms with Gasteiger partial charge in [0.2, 0.25) is 5.89 Å². The van der Waals surface area contributed by atoms with Gasteiger partial charge in [-0.25, -0.2) is 0 Å². The van der Waals surface area contributed by atoms with Gasteiger partial charge in [-0.2, -0.15) is 0 Å². The highest BCUT2D eigenvalue weighted by Crippen LogP contribution is 2.34. The molecule has 0 saturated heterocycles. The number of hydrogen-bond donors (Lipinski definition) is 1. The van der Waals surface area contributed by atoms with Crippen LogP contribution in [0.5, 0.6) is 0 Å². The second-order valence-corrected chi connectivity index (χ2v) is 7.01. The number of amides is 1. The summed E-state index contributed by atoms with van der Waals surface area (Å²) in [5.74, 6) is 0.852. The van der Waals surface area contributed by atoms with Crippen molar-refractivity contribution >= 4 is 33.7 Å². The fraction of sp³-hybridized carbons (Fsp3) is 0.158. The Balaban J connectivity index is 1.65. The molecule has 26 heavy (non-hydrogen) atoms. The summed E-state index contributed by atoms with van der Waals surface area (Å²) in [5.41, 5.74) is 1.02. The molecule has 0 bridgehead atoms. The molecule has 0 unspecified atom stereocenters. The van der Waals surface area contributed by atoms with E-state index in [0.717, 1.165) is 15.6 Å². The third-order valence-corrected chi connectivity index (χ3v) is 4.83. The Kier molecular flexibility index (Phi) is 4.22. The fourth-order valence-corrected chi connectivity index (χ4v) is 3.38. The first-order valence-electron chi connectivity index (χ1n) is 8.20. The number of pyridine rings is 1. The van der Waals surface area contributed by atoms with Crippen LogP contribution in [-0.4, -0.2) is 21.1 Å². The Labute approximate surface area is 153 Å². The number of carbonyl (C=O) groups is 1. The summed E-state index contributed by atoms with van der Waals surface area (Å²) in [4.78, 5) is 17.8. The number of hydrogen-bond acceptors (Lipinski definition) is 6. The lowest BCUT2D eigenvalue weighted by atomic mass is 10.1. The zero-order valence-electron chi connectivity index (χ0n) is 14.3. The molecule has 0 aliphatic carbocycles. The van der Waals surface area contributed by atoms with Gasteiger partial charge in [-0.05, 0) is 22.9 Å². The molecule has 1 amide bonds. The van der Waals surface area contributed by atoms with Crippen molar-refractivity contribution < 1.29 is 9.21 Å². The first-order valence-corrected chi connectivity index (χ1v) is 9.08. The molecule has 1 aromatic carbocycles. The van der Waals surface area contributed by atoms with Crippen molar-refractivity contribution in [3.8, 4) is 10.8 Å². The standard InChI is InChI=1S/C19H16N4O2S/c1-11(2)18-22-23-19(25-18)16-14(8-10-26-16)21-17(24)15-13-6-4-3-5-12(13)7-9-20-15/h3-11H,1-2H3,(H,21,24). The molecule has 0 spiro atoms. The Bertz CT molecular complexity index is 1080. The molecule has 4 rings (SSSR count). The van der Waals surface area contributed by atoms with Crippen molar-refractivity contribution in [1.82, 2.24) is 15.2 Å². The third kappa shape index (κ3) is 2.97. The van der Waals surface area contributed by atoms with Crippen LogP contribution in [0.15, 0.2) is 52.4 Å². The van der Waals surface area contributed by atoms with Crippen LogP contribution in [-0.2, 0) is 0 Å². The highest BCUT2D eigenvalue weighted by Gasteiger charge is 2.19. The van der Waals surface area contributed by atoms with Gasteiger partial charge in [0, 0.05) is 17.5 Å². The molecule has 1 N–H and O–H groups in total. The molecule has 0 fully saturated rings. The minimum absolute atomic E-state index is 0.147. The molecule has 7 heteroatoms. The summed E-state index contributed by atoms with van der Waals surface area (Å²) >= 11 is 1.44. The summed E-state index contributed by atoms with van der Waals surface area (Å²) in [6.45, 7) is 3.97. The Morgan fingerprint density at radius 2 is 2.00 bits per heavy atom. The van der Waals surface area contributed by atoms with Gasteiger partial charge in [-0.15, -0.1) is 21.5 Å². The van der Waals surface area contributed by atoms with Gasteiger partial charge in [-0.3, -0.25) is 9.78 Å². The van der Waals surface area contributed by atoms with Crippen LogP contribution in [0.1, 0.15) is 36.1 Å². The smallest absolute Gasteiger partial charge is 0.274 e. The van der Waals surface area contributed by atoms with E-state index in [4.69, 9.17) is 4.42 Å². The molecule has 130 valence electrons. The van der Waals surface area contributed by atoms with E-state index in [1.165, 1.54) is 11.3 Å². The van der Waals surface area contributed by atoms with Crippen molar-refractivity contribution in [1.29, 1.82) is 0 Å². The topological polar surface area (TPSA) is 80.9 Å². The predicted octanol–water partition coefficient (Wildman–Crippen LogP) is 4.72. The van der Waals surface area contributed by atoms with Crippen molar-refractivity contribution in [2.75, 3.05) is 5.32 Å². The Morgan fingerprint density at radius 3 is 2.81 bits per heavy atom. The van der Waals surface area contributed by atoms with E-state index >= 15 is 0 Å². The number of rotatable bonds is 4. The number of anilines is 1. The summed E-state index contributed by atoms with van der Waals surface area (Å²) in [7, 11) is 0. The van der Waals surface area contributed by atoms with Gasteiger partial charge in [0.15, 0.2) is 0 Å². The monoisotopic (exact) mass is 364 g/mol. The molecule has 4 aromatic rings. The fourth-order valence-electron chi connectivity index (χ4n) is 2.62. The lowest BCUT2D eigenvalue weighted by Gasteiger charge is -2.07. The predicted molar refractivity (Wildman–Crippen MR) is 101 cm³/mol. The van der Waals surface area contributed by atoms with E-state index in [1.807, 2.05) is 55.6 Å². The van der Waals surface area contributed by atoms with Crippen LogP contribution < -0.4 is 5.32 Å². The molecular formula is C19H16N4O2S. The van der Waals surface area contributed by atoms with E-state index in [2.05, 4.69) is 20.5 Å². The molecule has 0 aliphatic heterocycles. The zero-order chi connectivity index (χ0) is 18.1. The minimum atomic E-state index is -0.273. The van der Waals surface area contributed by atoms with Gasteiger partial charge in [-0.1, -0.05) is 38.1 Å². The summed E-state index contributed by atoms with van der Waals surface area (Å²) in [5, 5.41) is 14.7. The average molecular weight is 364 g/mol. The maximum atomic E-state index is 12.8. The van der Waals surface area contributed by atoms with Crippen molar-refractivity contribution in [2.45, 2.75) is 19.8 Å². The summed E-state index contributed by atoms with van der Waals surface area (Å²) < 4.78 is 5.71. The van der Waals surface area contributed by atoms with E-state index in [0.29, 0.717) is 23.2 Å². The van der Waals surface area contributed by atoms with E-state index in [-0.39, 0.29) is 11.8 Å². The van der Waals surface area contributed by atoms with Crippen LogP contribution >= 0.6 is 11.3 Å². The first kappa shape index (κ1) is 16.4. The second kappa shape index (κ2) is 6.68. The third-order valence-electron chi connectivity index (χ3n) is 3.93. The largest absolute Gasteiger partial charge is 0.420 e. The highest BCUT2D eigenvalue weighted by atomic mass is 32.1. The van der Waals surface area contributed by atoms with E-state index in [9.17, 15) is 4.79 Å². The molecule has 0 radical (unpaired) electrons. The maximum absolute atomic E-state index is 12.8. The van der Waals surface area contributed by atoms with Crippen LogP contribution in [0.2, 0.25) is 0 Å². The number of fused-ring (bicyclic) bond motifs is 1. The average Bonchev–Trinajstić information content (AvgIpc) is 3.30. The highest BCUT2D eigenvalue weighted by molar-refractivity contribution is 7.14. The van der Waals surface area contributed by atoms with Gasteiger partial charge >= 0.3 is 0 Å². The molecular weight excluding hydrogens is 348 g/mol. The second-order valence-electron chi connectivity index (χ2n) is 6.10. The van der Waals surface area contributed by atoms with Gasteiger partial charge in [0.1, 0.15) is 10.6 Å². The van der Waals surface area contributed by atoms with E-state index in [1.54, 1.807) is 6.20 Å². The molecule has 0 saturated carbocycles. The number of aromatic nitrogens is 3. The maximum Gasteiger partial charge on any atom is 0.274 e. The van der Waals surface area contributed by atoms with Crippen molar-refractivity contribution in [2.24, 2.45) is 0 Å². The van der Waals surface area contributed by atoms with Gasteiger partial charge < -0.3 is 9.73 Å². The normalized spacial score (nSPS) is 11.2. The molecule has 6 nitrogen and oxygen atoms in total. The van der Waals surface area contributed by atoms with Crippen LogP contribution in [0.3, 0.4) is 0 Å². The van der Waals surface area contributed by atoms with Crippen molar-refractivity contribution in [3.05, 3.63) is 59.6 Å². The number of benzene rings is 1. The van der Waals surface area contributed by atoms with E-state index < -0.39 is 0 Å². The summed E-state index contributed by atoms with van der Waals surface area (Å²) in [6, 6.07) is 11.4. The number of nitrogens with one attached hydrogen (secondary N) is 1. The lowest BCUT2D eigenvalue weighted by molar-refractivity contribution is 0.102. The number of thiophene rings is 1. The summed E-state index contributed by atoms with van der Waals surface area (Å²) in [6.07, 6.45) is 1.64. The SMILES string of the molecule is CC(C)c1nnc(-c2sccc2NC(=O)c2nccc3ccccc23)o1. The van der Waals surface area contributed by atoms with Crippen molar-refractivity contribution in [3.63, 3.8) is 0 Å². The van der Waals surface area contributed by atoms with Gasteiger partial charge in [0.25, 0.3) is 11.8 Å². The lowest BCUT2D eigenvalue weighted by Crippen LogP contribution is -2.14. The zero-order valence-corrected chi connectivity index (χ0v) is 15.1. The van der Waals surface area contributed by atoms with Crippen LogP contribution in [0.25, 0.3) is 21.5 Å². The van der Waals surface area contributed by atoms with Crippen LogP contribution in [0, 0.1) is 0 Å². The Hall–Kier alpha value is -3.06. The minimum Gasteiger partial charge on any atom is -0.420 e. The number of carbonyl (C=O) groups excluding carboxylic acids is 1. The quantitative estimate of drug-likeness (QED) is 0.566. The Morgan fingerprint density at radius 1 is 1.15 bits per heavy atom. The molecule has 0 atom stereocenters. The molecule has 3 aromatic heterocycles. The van der Waals surface area contributed by atoms with Gasteiger partial charge in [0.05, 0.1) is 5.69 Å². The molecule has 3 heterocycles.